The van der Waals surface area contributed by atoms with Gasteiger partial charge in [-0.05, 0) is 27.2 Å². The first-order valence-corrected chi connectivity index (χ1v) is 10.1. The first-order valence-electron chi connectivity index (χ1n) is 10.1. The molecular weight excluding hydrogens is 398 g/mol. The molecule has 10 heteroatoms. The van der Waals surface area contributed by atoms with Gasteiger partial charge in [0.25, 0.3) is 6.43 Å². The van der Waals surface area contributed by atoms with Crippen molar-refractivity contribution >= 4 is 6.09 Å². The minimum Gasteiger partial charge on any atom is -0.444 e. The molecule has 0 saturated carbocycles. The third-order valence-electron chi connectivity index (χ3n) is 5.16. The second-order valence-corrected chi connectivity index (χ2v) is 8.79. The van der Waals surface area contributed by atoms with Crippen LogP contribution in [-0.2, 0) is 35.4 Å². The van der Waals surface area contributed by atoms with Gasteiger partial charge in [0.2, 0.25) is 0 Å². The molecule has 0 unspecified atom stereocenters. The molecule has 4 rings (SSSR count). The average Bonchev–Trinajstić information content (AvgIpc) is 3.19. The Morgan fingerprint density at radius 3 is 2.93 bits per heavy atom. The van der Waals surface area contributed by atoms with E-state index >= 15 is 0 Å². The normalized spacial score (nSPS) is 18.6. The molecule has 0 N–H and O–H groups in total. The molecule has 0 saturated heterocycles. The number of halogens is 2. The van der Waals surface area contributed by atoms with Crippen LogP contribution in [0, 0.1) is 5.92 Å². The van der Waals surface area contributed by atoms with Crippen molar-refractivity contribution in [2.75, 3.05) is 19.8 Å². The van der Waals surface area contributed by atoms with Gasteiger partial charge < -0.3 is 18.9 Å². The minimum atomic E-state index is -2.49. The lowest BCUT2D eigenvalue weighted by Crippen LogP contribution is -2.39. The molecule has 0 bridgehead atoms. The molecule has 30 heavy (non-hydrogen) atoms. The van der Waals surface area contributed by atoms with E-state index in [0.29, 0.717) is 38.2 Å². The van der Waals surface area contributed by atoms with Gasteiger partial charge in [-0.25, -0.2) is 13.6 Å². The average molecular weight is 424 g/mol. The van der Waals surface area contributed by atoms with Crippen molar-refractivity contribution in [1.29, 1.82) is 0 Å². The fraction of sp³-hybridized carbons (Fsp3) is 0.650. The third kappa shape index (κ3) is 4.33. The number of rotatable bonds is 4. The highest BCUT2D eigenvalue weighted by atomic mass is 19.3. The fourth-order valence-corrected chi connectivity index (χ4v) is 3.96. The van der Waals surface area contributed by atoms with Crippen LogP contribution in [0.2, 0.25) is 0 Å². The Morgan fingerprint density at radius 1 is 1.40 bits per heavy atom. The Hall–Kier alpha value is -2.49. The van der Waals surface area contributed by atoms with Gasteiger partial charge in [0, 0.05) is 36.6 Å². The van der Waals surface area contributed by atoms with E-state index in [0.717, 1.165) is 22.5 Å². The Kier molecular flexibility index (Phi) is 5.52. The fourth-order valence-electron chi connectivity index (χ4n) is 3.96. The van der Waals surface area contributed by atoms with Crippen molar-refractivity contribution in [3.05, 3.63) is 23.1 Å². The van der Waals surface area contributed by atoms with Crippen molar-refractivity contribution < 1.29 is 27.6 Å². The molecule has 0 fully saturated rings. The predicted molar refractivity (Wildman–Crippen MR) is 102 cm³/mol. The summed E-state index contributed by atoms with van der Waals surface area (Å²) in [6, 6.07) is 0. The van der Waals surface area contributed by atoms with Crippen LogP contribution >= 0.6 is 0 Å². The number of nitrogens with zero attached hydrogens (tertiary/aromatic N) is 4. The zero-order valence-electron chi connectivity index (χ0n) is 17.4. The van der Waals surface area contributed by atoms with Gasteiger partial charge in [0.1, 0.15) is 24.2 Å². The molecule has 0 aliphatic carbocycles. The number of hydrogen-bond acceptors (Lipinski definition) is 6. The van der Waals surface area contributed by atoms with E-state index in [1.807, 2.05) is 25.5 Å². The zero-order valence-corrected chi connectivity index (χ0v) is 17.4. The number of fused-ring (bicyclic) bond motifs is 5. The van der Waals surface area contributed by atoms with Crippen molar-refractivity contribution in [3.8, 4) is 11.4 Å². The van der Waals surface area contributed by atoms with Crippen LogP contribution in [0.3, 0.4) is 0 Å². The van der Waals surface area contributed by atoms with E-state index in [9.17, 15) is 13.6 Å². The van der Waals surface area contributed by atoms with Gasteiger partial charge in [0.05, 0.1) is 24.5 Å². The Morgan fingerprint density at radius 2 is 2.20 bits per heavy atom. The summed E-state index contributed by atoms with van der Waals surface area (Å²) in [6.45, 7) is 6.54. The summed E-state index contributed by atoms with van der Waals surface area (Å²) in [5.74, 6) is -0.0357. The highest BCUT2D eigenvalue weighted by Crippen LogP contribution is 2.36. The summed E-state index contributed by atoms with van der Waals surface area (Å²) in [5.41, 5.74) is 3.66. The molecule has 1 atom stereocenters. The van der Waals surface area contributed by atoms with Crippen molar-refractivity contribution in [3.63, 3.8) is 0 Å². The number of hydrogen-bond donors (Lipinski definition) is 0. The molecule has 2 aromatic heterocycles. The molecule has 2 aliphatic rings. The van der Waals surface area contributed by atoms with E-state index in [-0.39, 0.29) is 18.6 Å². The summed E-state index contributed by atoms with van der Waals surface area (Å²) >= 11 is 0. The summed E-state index contributed by atoms with van der Waals surface area (Å²) in [4.78, 5) is 14.2. The molecule has 2 aliphatic heterocycles. The number of alkyl halides is 2. The van der Waals surface area contributed by atoms with Crippen molar-refractivity contribution in [1.82, 2.24) is 19.8 Å². The third-order valence-corrected chi connectivity index (χ3v) is 5.16. The number of carbonyl (C=O) groups is 1. The molecule has 4 heterocycles. The molecule has 0 aromatic carbocycles. The zero-order chi connectivity index (χ0) is 21.5. The molecule has 2 aromatic rings. The molecule has 8 nitrogen and oxygen atoms in total. The highest BCUT2D eigenvalue weighted by Gasteiger charge is 2.34. The first kappa shape index (κ1) is 20.8. The van der Waals surface area contributed by atoms with Crippen LogP contribution < -0.4 is 0 Å². The van der Waals surface area contributed by atoms with E-state index in [4.69, 9.17) is 19.1 Å². The lowest BCUT2D eigenvalue weighted by Gasteiger charge is -2.29. The maximum absolute atomic E-state index is 12.6. The summed E-state index contributed by atoms with van der Waals surface area (Å²) in [6.07, 6.45) is -0.0720. The SMILES string of the molecule is CC(C)(C)OC(=O)N1CCc2nn3c(c2C1)-c1nocc1C[C@@H](COCC(F)F)C3. The monoisotopic (exact) mass is 424 g/mol. The standard InChI is InChI=1S/C20H26F2N4O4/c1-20(2,3)30-19(27)25-5-4-15-14(8-25)18-17-13(10-29-24-17)6-12(7-26(18)23-15)9-28-11-16(21)22/h10,12,16H,4-9,11H2,1-3H3/t12-/m1/s1. The topological polar surface area (TPSA) is 82.6 Å². The summed E-state index contributed by atoms with van der Waals surface area (Å²) in [7, 11) is 0. The van der Waals surface area contributed by atoms with Gasteiger partial charge in [-0.15, -0.1) is 0 Å². The molecule has 0 radical (unpaired) electrons. The first-order chi connectivity index (χ1) is 14.2. The second-order valence-electron chi connectivity index (χ2n) is 8.79. The number of ether oxygens (including phenoxy) is 2. The van der Waals surface area contributed by atoms with Crippen LogP contribution in [0.1, 0.15) is 37.6 Å². The van der Waals surface area contributed by atoms with Crippen LogP contribution in [-0.4, -0.2) is 57.7 Å². The summed E-state index contributed by atoms with van der Waals surface area (Å²) < 4.78 is 42.7. The van der Waals surface area contributed by atoms with E-state index < -0.39 is 18.6 Å². The largest absolute Gasteiger partial charge is 0.444 e. The smallest absolute Gasteiger partial charge is 0.410 e. The number of aromatic nitrogens is 3. The van der Waals surface area contributed by atoms with Gasteiger partial charge in [-0.2, -0.15) is 5.10 Å². The minimum absolute atomic E-state index is 0.0357. The number of amides is 1. The molecule has 1 amide bonds. The highest BCUT2D eigenvalue weighted by molar-refractivity contribution is 5.71. The van der Waals surface area contributed by atoms with Crippen LogP contribution in [0.4, 0.5) is 13.6 Å². The van der Waals surface area contributed by atoms with Gasteiger partial charge in [-0.1, -0.05) is 5.16 Å². The lowest BCUT2D eigenvalue weighted by atomic mass is 9.99. The van der Waals surface area contributed by atoms with Crippen LogP contribution in [0.25, 0.3) is 11.4 Å². The molecule has 164 valence electrons. The molecule has 0 spiro atoms. The Bertz CT molecular complexity index is 919. The van der Waals surface area contributed by atoms with Crippen molar-refractivity contribution in [2.24, 2.45) is 5.92 Å². The summed E-state index contributed by atoms with van der Waals surface area (Å²) in [5, 5.41) is 8.92. The van der Waals surface area contributed by atoms with Crippen molar-refractivity contribution in [2.45, 2.75) is 58.7 Å². The van der Waals surface area contributed by atoms with Crippen LogP contribution in [0.5, 0.6) is 0 Å². The van der Waals surface area contributed by atoms with Crippen LogP contribution in [0.15, 0.2) is 10.8 Å². The maximum Gasteiger partial charge on any atom is 0.410 e. The Labute approximate surface area is 173 Å². The lowest BCUT2D eigenvalue weighted by molar-refractivity contribution is 0.00163. The second kappa shape index (κ2) is 7.98. The predicted octanol–water partition coefficient (Wildman–Crippen LogP) is 3.29. The Balaban J connectivity index is 1.60. The maximum atomic E-state index is 12.6. The van der Waals surface area contributed by atoms with Gasteiger partial charge in [0.15, 0.2) is 0 Å². The number of carbonyl (C=O) groups excluding carboxylic acids is 1. The van der Waals surface area contributed by atoms with E-state index in [2.05, 4.69) is 5.16 Å². The quantitative estimate of drug-likeness (QED) is 0.749. The van der Waals surface area contributed by atoms with E-state index in [1.165, 1.54) is 0 Å². The molecular formula is C20H26F2N4O4. The van der Waals surface area contributed by atoms with Gasteiger partial charge >= 0.3 is 6.09 Å². The van der Waals surface area contributed by atoms with E-state index in [1.54, 1.807) is 11.2 Å². The van der Waals surface area contributed by atoms with Gasteiger partial charge in [-0.3, -0.25) is 4.68 Å².